The van der Waals surface area contributed by atoms with Gasteiger partial charge in [-0.05, 0) is 85.7 Å². The number of aromatic nitrogens is 1. The molecule has 1 fully saturated rings. The number of benzene rings is 3. The maximum absolute atomic E-state index is 12.9. The number of sulfonamides is 1. The molecule has 0 aliphatic heterocycles. The number of hydrogen-bond acceptors (Lipinski definition) is 6. The molecule has 2 amide bonds. The molecule has 9 nitrogen and oxygen atoms in total. The third-order valence-electron chi connectivity index (χ3n) is 7.13. The normalized spacial score (nSPS) is 13.8. The van der Waals surface area contributed by atoms with E-state index in [1.54, 1.807) is 37.3 Å². The Bertz CT molecular complexity index is 1670. The number of carbonyl (C=O) groups excluding carboxylic acids is 2. The van der Waals surface area contributed by atoms with Crippen LogP contribution in [0, 0.1) is 6.92 Å². The van der Waals surface area contributed by atoms with Crippen LogP contribution in [0.4, 0.5) is 10.5 Å². The summed E-state index contributed by atoms with van der Waals surface area (Å²) in [5, 5.41) is 3.75. The number of nitrogens with one attached hydrogen (secondary N) is 3. The summed E-state index contributed by atoms with van der Waals surface area (Å²) in [6.07, 6.45) is 5.85. The van der Waals surface area contributed by atoms with Crippen LogP contribution in [-0.4, -0.2) is 38.6 Å². The monoisotopic (exact) mass is 561 g/mol. The number of amides is 2. The molecule has 1 heterocycles. The highest BCUT2D eigenvalue weighted by molar-refractivity contribution is 7.90. The molecule has 1 saturated carbocycles. The molecule has 0 radical (unpaired) electrons. The number of hydrogen-bond donors (Lipinski definition) is 3. The van der Waals surface area contributed by atoms with Gasteiger partial charge in [0.05, 0.1) is 12.0 Å². The number of methoxy groups -OCH3 is 1. The minimum absolute atomic E-state index is 0.0216. The molecule has 4 aromatic rings. The van der Waals surface area contributed by atoms with Gasteiger partial charge in [-0.3, -0.25) is 10.1 Å². The molecule has 0 unspecified atom stereocenters. The summed E-state index contributed by atoms with van der Waals surface area (Å²) in [5.41, 5.74) is 4.00. The zero-order valence-corrected chi connectivity index (χ0v) is 23.1. The number of anilines is 1. The van der Waals surface area contributed by atoms with Crippen LogP contribution in [-0.2, 0) is 21.2 Å². The van der Waals surface area contributed by atoms with E-state index < -0.39 is 22.0 Å². The third-order valence-corrected chi connectivity index (χ3v) is 8.62. The second-order valence-corrected chi connectivity index (χ2v) is 11.6. The molecule has 0 saturated heterocycles. The fourth-order valence-electron chi connectivity index (χ4n) is 5.04. The predicted octanol–water partition coefficient (Wildman–Crippen LogP) is 5.69. The Labute approximate surface area is 232 Å². The van der Waals surface area contributed by atoms with Crippen molar-refractivity contribution < 1.29 is 27.5 Å². The standard InChI is InChI=1S/C30H31N3O6S/c1-19-7-3-6-10-28(19)40(36,37)33-29(34)21-12-11-20(27(16-21)38-2)15-22-18-31-26-14-13-23(17-25(22)26)32-30(35)39-24-8-4-5-9-24/h3,6-7,10-14,16-18,24,31H,4-5,8-9,15H2,1-2H3,(H,32,35)(H,33,34). The molecule has 10 heteroatoms. The maximum Gasteiger partial charge on any atom is 0.411 e. The van der Waals surface area contributed by atoms with Crippen molar-refractivity contribution in [3.05, 3.63) is 89.1 Å². The van der Waals surface area contributed by atoms with E-state index in [-0.39, 0.29) is 16.6 Å². The summed E-state index contributed by atoms with van der Waals surface area (Å²) in [7, 11) is -2.54. The summed E-state index contributed by atoms with van der Waals surface area (Å²) in [6.45, 7) is 1.67. The largest absolute Gasteiger partial charge is 0.496 e. The van der Waals surface area contributed by atoms with E-state index in [1.165, 1.54) is 19.2 Å². The van der Waals surface area contributed by atoms with Crippen LogP contribution in [0.5, 0.6) is 5.75 Å². The number of aryl methyl sites for hydroxylation is 1. The van der Waals surface area contributed by atoms with Crippen molar-refractivity contribution >= 4 is 38.6 Å². The van der Waals surface area contributed by atoms with Crippen molar-refractivity contribution in [1.82, 2.24) is 9.71 Å². The van der Waals surface area contributed by atoms with Crippen LogP contribution in [0.1, 0.15) is 52.7 Å². The number of rotatable bonds is 8. The molecule has 5 rings (SSSR count). The van der Waals surface area contributed by atoms with Gasteiger partial charge in [0, 0.05) is 34.8 Å². The Hall–Kier alpha value is -4.31. The number of ether oxygens (including phenoxy) is 2. The Morgan fingerprint density at radius 1 is 1.00 bits per heavy atom. The highest BCUT2D eigenvalue weighted by Gasteiger charge is 2.22. The van der Waals surface area contributed by atoms with E-state index in [4.69, 9.17) is 9.47 Å². The first-order valence-electron chi connectivity index (χ1n) is 13.1. The van der Waals surface area contributed by atoms with Crippen molar-refractivity contribution in [3.8, 4) is 5.75 Å². The molecule has 208 valence electrons. The van der Waals surface area contributed by atoms with Gasteiger partial charge < -0.3 is 14.5 Å². The van der Waals surface area contributed by atoms with Gasteiger partial charge in [0.2, 0.25) is 0 Å². The van der Waals surface area contributed by atoms with E-state index in [9.17, 15) is 18.0 Å². The van der Waals surface area contributed by atoms with E-state index in [0.717, 1.165) is 47.7 Å². The lowest BCUT2D eigenvalue weighted by molar-refractivity contribution is 0.0980. The lowest BCUT2D eigenvalue weighted by atomic mass is 10.0. The highest BCUT2D eigenvalue weighted by atomic mass is 32.2. The number of aromatic amines is 1. The third kappa shape index (κ3) is 5.96. The van der Waals surface area contributed by atoms with Crippen molar-refractivity contribution in [1.29, 1.82) is 0 Å². The Balaban J connectivity index is 1.32. The van der Waals surface area contributed by atoms with E-state index >= 15 is 0 Å². The second-order valence-electron chi connectivity index (χ2n) is 9.91. The quantitative estimate of drug-likeness (QED) is 0.254. The lowest BCUT2D eigenvalue weighted by Gasteiger charge is -2.13. The molecule has 3 aromatic carbocycles. The average molecular weight is 562 g/mol. The molecule has 0 atom stereocenters. The van der Waals surface area contributed by atoms with Gasteiger partial charge in [-0.2, -0.15) is 0 Å². The first-order chi connectivity index (χ1) is 19.2. The number of fused-ring (bicyclic) bond motifs is 1. The Morgan fingerprint density at radius 2 is 1.77 bits per heavy atom. The van der Waals surface area contributed by atoms with E-state index in [1.807, 2.05) is 24.4 Å². The Morgan fingerprint density at radius 3 is 2.52 bits per heavy atom. The first-order valence-corrected chi connectivity index (χ1v) is 14.6. The Kier molecular flexibility index (Phi) is 7.79. The zero-order valence-electron chi connectivity index (χ0n) is 22.3. The molecule has 3 N–H and O–H groups in total. The fraction of sp³-hybridized carbons (Fsp3) is 0.267. The van der Waals surface area contributed by atoms with E-state index in [2.05, 4.69) is 15.0 Å². The van der Waals surface area contributed by atoms with Crippen LogP contribution >= 0.6 is 0 Å². The molecular weight excluding hydrogens is 530 g/mol. The van der Waals surface area contributed by atoms with Crippen molar-refractivity contribution in [2.75, 3.05) is 12.4 Å². The van der Waals surface area contributed by atoms with Crippen LogP contribution in [0.25, 0.3) is 10.9 Å². The van der Waals surface area contributed by atoms with E-state index in [0.29, 0.717) is 23.4 Å². The summed E-state index contributed by atoms with van der Waals surface area (Å²) in [4.78, 5) is 28.5. The molecular formula is C30H31N3O6S. The summed E-state index contributed by atoms with van der Waals surface area (Å²) < 4.78 is 38.8. The van der Waals surface area contributed by atoms with Crippen LogP contribution in [0.2, 0.25) is 0 Å². The van der Waals surface area contributed by atoms with Crippen LogP contribution in [0.3, 0.4) is 0 Å². The summed E-state index contributed by atoms with van der Waals surface area (Å²) in [5.74, 6) is -0.301. The molecule has 1 aliphatic rings. The minimum Gasteiger partial charge on any atom is -0.496 e. The van der Waals surface area contributed by atoms with Gasteiger partial charge in [0.25, 0.3) is 15.9 Å². The molecule has 40 heavy (non-hydrogen) atoms. The molecule has 0 bridgehead atoms. The lowest BCUT2D eigenvalue weighted by Crippen LogP contribution is -2.31. The van der Waals surface area contributed by atoms with Crippen molar-refractivity contribution in [3.63, 3.8) is 0 Å². The number of H-pyrrole nitrogens is 1. The highest BCUT2D eigenvalue weighted by Crippen LogP contribution is 2.29. The predicted molar refractivity (Wildman–Crippen MR) is 152 cm³/mol. The van der Waals surface area contributed by atoms with Crippen LogP contribution < -0.4 is 14.8 Å². The SMILES string of the molecule is COc1cc(C(=O)NS(=O)(=O)c2ccccc2C)ccc1Cc1c[nH]c2ccc(NC(=O)OC3CCCC3)cc12. The molecule has 1 aromatic heterocycles. The summed E-state index contributed by atoms with van der Waals surface area (Å²) in [6, 6.07) is 16.9. The average Bonchev–Trinajstić information content (AvgIpc) is 3.58. The molecule has 0 spiro atoms. The fourth-order valence-corrected chi connectivity index (χ4v) is 6.26. The van der Waals surface area contributed by atoms with Crippen molar-refractivity contribution in [2.24, 2.45) is 0 Å². The van der Waals surface area contributed by atoms with Gasteiger partial charge in [-0.1, -0.05) is 24.3 Å². The summed E-state index contributed by atoms with van der Waals surface area (Å²) >= 11 is 0. The minimum atomic E-state index is -4.04. The second kappa shape index (κ2) is 11.4. The van der Waals surface area contributed by atoms with Gasteiger partial charge in [-0.25, -0.2) is 17.9 Å². The van der Waals surface area contributed by atoms with Gasteiger partial charge in [-0.15, -0.1) is 0 Å². The van der Waals surface area contributed by atoms with Crippen molar-refractivity contribution in [2.45, 2.75) is 50.0 Å². The molecule has 1 aliphatic carbocycles. The first kappa shape index (κ1) is 27.3. The van der Waals surface area contributed by atoms with Gasteiger partial charge in [0.15, 0.2) is 0 Å². The van der Waals surface area contributed by atoms with Gasteiger partial charge >= 0.3 is 6.09 Å². The number of carbonyl (C=O) groups is 2. The van der Waals surface area contributed by atoms with Gasteiger partial charge in [0.1, 0.15) is 11.9 Å². The zero-order chi connectivity index (χ0) is 28.3. The maximum atomic E-state index is 12.9. The van der Waals surface area contributed by atoms with Crippen LogP contribution in [0.15, 0.2) is 71.8 Å². The smallest absolute Gasteiger partial charge is 0.411 e. The topological polar surface area (TPSA) is 127 Å².